The van der Waals surface area contributed by atoms with E-state index in [9.17, 15) is 31.1 Å². The fourth-order valence-corrected chi connectivity index (χ4v) is 1.59. The van der Waals surface area contributed by atoms with Crippen LogP contribution < -0.4 is 0 Å². The van der Waals surface area contributed by atoms with Gasteiger partial charge in [-0.05, 0) is 0 Å². The van der Waals surface area contributed by atoms with Crippen LogP contribution in [0, 0.1) is 5.92 Å². The van der Waals surface area contributed by atoms with Crippen LogP contribution in [-0.2, 0) is 4.79 Å². The molecule has 108 valence electrons. The zero-order valence-electron chi connectivity index (χ0n) is 8.78. The van der Waals surface area contributed by atoms with Crippen LogP contribution in [0.3, 0.4) is 0 Å². The van der Waals surface area contributed by atoms with Gasteiger partial charge in [0, 0.05) is 24.8 Å². The molecule has 18 heavy (non-hydrogen) atoms. The Morgan fingerprint density at radius 3 is 1.50 bits per heavy atom. The van der Waals surface area contributed by atoms with Crippen molar-refractivity contribution < 1.29 is 31.1 Å². The molecule has 1 amide bonds. The highest BCUT2D eigenvalue weighted by Crippen LogP contribution is 2.40. The van der Waals surface area contributed by atoms with Crippen molar-refractivity contribution in [3.05, 3.63) is 0 Å². The molecule has 0 unspecified atom stereocenters. The molecule has 0 aliphatic rings. The second-order valence-corrected chi connectivity index (χ2v) is 3.98. The molecule has 0 radical (unpaired) electrons. The minimum absolute atomic E-state index is 0.287. The minimum Gasteiger partial charge on any atom is -0.339 e. The lowest BCUT2D eigenvalue weighted by Crippen LogP contribution is -2.50. The number of hydrogen-bond acceptors (Lipinski definition) is 1. The summed E-state index contributed by atoms with van der Waals surface area (Å²) >= 11 is 10.4. The van der Waals surface area contributed by atoms with Gasteiger partial charge in [0.25, 0.3) is 0 Å². The molecule has 0 bridgehead atoms. The second kappa shape index (κ2) is 6.70. The quantitative estimate of drug-likeness (QED) is 0.563. The van der Waals surface area contributed by atoms with Gasteiger partial charge in [0.05, 0.1) is 0 Å². The summed E-state index contributed by atoms with van der Waals surface area (Å²) in [7, 11) is 0. The summed E-state index contributed by atoms with van der Waals surface area (Å²) in [5.74, 6) is -6.71. The summed E-state index contributed by atoms with van der Waals surface area (Å²) in [6, 6.07) is 0. The van der Waals surface area contributed by atoms with Crippen molar-refractivity contribution >= 4 is 29.1 Å². The first-order chi connectivity index (χ1) is 8.05. The number of amides is 1. The van der Waals surface area contributed by atoms with Crippen molar-refractivity contribution in [2.45, 2.75) is 12.4 Å². The van der Waals surface area contributed by atoms with Crippen molar-refractivity contribution in [3.8, 4) is 0 Å². The summed E-state index contributed by atoms with van der Waals surface area (Å²) < 4.78 is 73.6. The lowest BCUT2D eigenvalue weighted by Gasteiger charge is -2.28. The van der Waals surface area contributed by atoms with Gasteiger partial charge in [0.2, 0.25) is 11.8 Å². The first kappa shape index (κ1) is 17.6. The van der Waals surface area contributed by atoms with Crippen LogP contribution >= 0.6 is 23.2 Å². The number of carbonyl (C=O) groups is 1. The Labute approximate surface area is 109 Å². The molecule has 0 aliphatic carbocycles. The van der Waals surface area contributed by atoms with Crippen LogP contribution in [-0.4, -0.2) is 48.0 Å². The largest absolute Gasteiger partial charge is 0.409 e. The van der Waals surface area contributed by atoms with Crippen LogP contribution in [0.4, 0.5) is 26.3 Å². The zero-order chi connectivity index (χ0) is 14.6. The van der Waals surface area contributed by atoms with Gasteiger partial charge in [-0.1, -0.05) is 0 Å². The molecule has 0 rings (SSSR count). The highest BCUT2D eigenvalue weighted by molar-refractivity contribution is 6.18. The van der Waals surface area contributed by atoms with Gasteiger partial charge in [0.1, 0.15) is 0 Å². The summed E-state index contributed by atoms with van der Waals surface area (Å²) in [4.78, 5) is 11.6. The Bertz CT molecular complexity index is 260. The predicted octanol–water partition coefficient (Wildman–Crippen LogP) is 3.03. The van der Waals surface area contributed by atoms with E-state index in [1.807, 2.05) is 0 Å². The molecular formula is C8H9Cl2F6NO. The third-order valence-corrected chi connectivity index (χ3v) is 2.26. The highest BCUT2D eigenvalue weighted by atomic mass is 35.5. The molecule has 2 nitrogen and oxygen atoms in total. The number of hydrogen-bond donors (Lipinski definition) is 0. The van der Waals surface area contributed by atoms with Crippen LogP contribution in [0.1, 0.15) is 0 Å². The fraction of sp³-hybridized carbons (Fsp3) is 0.875. The van der Waals surface area contributed by atoms with Crippen molar-refractivity contribution in [2.75, 3.05) is 24.8 Å². The number of rotatable bonds is 5. The lowest BCUT2D eigenvalue weighted by atomic mass is 10.1. The van der Waals surface area contributed by atoms with E-state index in [-0.39, 0.29) is 11.8 Å². The fourth-order valence-electron chi connectivity index (χ4n) is 1.18. The number of nitrogens with zero attached hydrogens (tertiary/aromatic N) is 1. The second-order valence-electron chi connectivity index (χ2n) is 3.22. The van der Waals surface area contributed by atoms with E-state index in [1.54, 1.807) is 0 Å². The number of carbonyl (C=O) groups excluding carboxylic acids is 1. The molecule has 0 aromatic rings. The van der Waals surface area contributed by atoms with Crippen LogP contribution in [0.2, 0.25) is 0 Å². The molecule has 0 N–H and O–H groups in total. The van der Waals surface area contributed by atoms with Gasteiger partial charge >= 0.3 is 12.4 Å². The number of alkyl halides is 8. The van der Waals surface area contributed by atoms with Crippen molar-refractivity contribution in [2.24, 2.45) is 5.92 Å². The topological polar surface area (TPSA) is 20.3 Å². The van der Waals surface area contributed by atoms with E-state index in [1.165, 1.54) is 0 Å². The maximum Gasteiger partial charge on any atom is 0.409 e. The smallest absolute Gasteiger partial charge is 0.339 e. The van der Waals surface area contributed by atoms with E-state index in [2.05, 4.69) is 0 Å². The van der Waals surface area contributed by atoms with Gasteiger partial charge in [-0.25, -0.2) is 0 Å². The molecule has 10 heteroatoms. The molecule has 0 spiro atoms. The third-order valence-electron chi connectivity index (χ3n) is 1.92. The van der Waals surface area contributed by atoms with Gasteiger partial charge < -0.3 is 4.90 Å². The molecule has 0 atom stereocenters. The van der Waals surface area contributed by atoms with Crippen molar-refractivity contribution in [3.63, 3.8) is 0 Å². The van der Waals surface area contributed by atoms with Gasteiger partial charge in [0.15, 0.2) is 0 Å². The van der Waals surface area contributed by atoms with Crippen LogP contribution in [0.15, 0.2) is 0 Å². The Kier molecular flexibility index (Phi) is 6.56. The maximum absolute atomic E-state index is 12.3. The molecule has 0 aliphatic heterocycles. The summed E-state index contributed by atoms with van der Waals surface area (Å²) in [6.07, 6.45) is -11.4. The van der Waals surface area contributed by atoms with E-state index in [4.69, 9.17) is 23.2 Å². The standard InChI is InChI=1S/C8H9Cl2F6NO/c9-1-3-17(4-2-10)6(18)5(7(11,12)13)8(14,15)16/h5H,1-4H2. The van der Waals surface area contributed by atoms with E-state index in [0.717, 1.165) is 0 Å². The SMILES string of the molecule is O=C(C(C(F)(F)F)C(F)(F)F)N(CCCl)CCCl. The van der Waals surface area contributed by atoms with Gasteiger partial charge in [-0.2, -0.15) is 26.3 Å². The van der Waals surface area contributed by atoms with E-state index >= 15 is 0 Å². The van der Waals surface area contributed by atoms with Gasteiger partial charge in [-0.15, -0.1) is 23.2 Å². The monoisotopic (exact) mass is 319 g/mol. The molecule has 0 aromatic carbocycles. The minimum atomic E-state index is -5.70. The molecule has 0 saturated carbocycles. The molecule has 0 fully saturated rings. The third kappa shape index (κ3) is 5.09. The summed E-state index contributed by atoms with van der Waals surface area (Å²) in [6.45, 7) is -0.870. The van der Waals surface area contributed by atoms with Crippen molar-refractivity contribution in [1.82, 2.24) is 4.90 Å². The predicted molar refractivity (Wildman–Crippen MR) is 53.6 cm³/mol. The lowest BCUT2D eigenvalue weighted by molar-refractivity contribution is -0.277. The van der Waals surface area contributed by atoms with E-state index < -0.39 is 37.3 Å². The van der Waals surface area contributed by atoms with E-state index in [0.29, 0.717) is 4.90 Å². The average Bonchev–Trinajstić information content (AvgIpc) is 2.12. The first-order valence-electron chi connectivity index (χ1n) is 4.59. The molecule has 0 saturated heterocycles. The zero-order valence-corrected chi connectivity index (χ0v) is 10.3. The first-order valence-corrected chi connectivity index (χ1v) is 5.66. The van der Waals surface area contributed by atoms with Gasteiger partial charge in [-0.3, -0.25) is 4.79 Å². The molecule has 0 heterocycles. The highest BCUT2D eigenvalue weighted by Gasteiger charge is 2.61. The number of halogens is 8. The Hall–Kier alpha value is -0.370. The summed E-state index contributed by atoms with van der Waals surface area (Å²) in [5, 5.41) is 0. The Morgan fingerprint density at radius 1 is 0.944 bits per heavy atom. The molecule has 0 aromatic heterocycles. The maximum atomic E-state index is 12.3. The normalized spacial score (nSPS) is 12.9. The molecular weight excluding hydrogens is 311 g/mol. The average molecular weight is 320 g/mol. The van der Waals surface area contributed by atoms with Crippen LogP contribution in [0.25, 0.3) is 0 Å². The van der Waals surface area contributed by atoms with Crippen molar-refractivity contribution in [1.29, 1.82) is 0 Å². The van der Waals surface area contributed by atoms with Crippen LogP contribution in [0.5, 0.6) is 0 Å². The Balaban J connectivity index is 5.17. The Morgan fingerprint density at radius 2 is 1.28 bits per heavy atom. The summed E-state index contributed by atoms with van der Waals surface area (Å²) in [5.41, 5.74) is 0.